The standard InChI is InChI=1S/C13H18ClN5O3/c14-13-16-11(15-9-1-5-21-6-2-9)10(18-20)12(17-13)19-3-7-22-8-4-19/h9H,1-8H2,(H,15,16,17). The zero-order chi connectivity index (χ0) is 15.4. The van der Waals surface area contributed by atoms with Crippen molar-refractivity contribution in [3.63, 3.8) is 0 Å². The predicted molar refractivity (Wildman–Crippen MR) is 83.0 cm³/mol. The normalized spacial score (nSPS) is 20.0. The SMILES string of the molecule is O=Nc1c(NC2CCOCC2)nc(Cl)nc1N1CCOCC1. The monoisotopic (exact) mass is 327 g/mol. The van der Waals surface area contributed by atoms with Gasteiger partial charge in [-0.2, -0.15) is 9.97 Å². The van der Waals surface area contributed by atoms with Gasteiger partial charge in [-0.15, -0.1) is 4.91 Å². The fourth-order valence-corrected chi connectivity index (χ4v) is 2.80. The van der Waals surface area contributed by atoms with Crippen LogP contribution in [0.3, 0.4) is 0 Å². The first-order chi connectivity index (χ1) is 10.8. The summed E-state index contributed by atoms with van der Waals surface area (Å²) in [5, 5.41) is 6.50. The third-order valence-corrected chi connectivity index (χ3v) is 3.97. The first-order valence-electron chi connectivity index (χ1n) is 7.36. The molecule has 0 aromatic carbocycles. The van der Waals surface area contributed by atoms with E-state index in [4.69, 9.17) is 21.1 Å². The van der Waals surface area contributed by atoms with E-state index in [1.807, 2.05) is 4.90 Å². The Morgan fingerprint density at radius 1 is 1.14 bits per heavy atom. The smallest absolute Gasteiger partial charge is 0.226 e. The van der Waals surface area contributed by atoms with Crippen molar-refractivity contribution in [2.75, 3.05) is 49.7 Å². The van der Waals surface area contributed by atoms with Crippen molar-refractivity contribution in [3.05, 3.63) is 10.2 Å². The molecular weight excluding hydrogens is 310 g/mol. The minimum atomic E-state index is 0.100. The maximum absolute atomic E-state index is 11.3. The highest BCUT2D eigenvalue weighted by Gasteiger charge is 2.24. The van der Waals surface area contributed by atoms with Gasteiger partial charge in [0.2, 0.25) is 5.28 Å². The number of halogens is 1. The van der Waals surface area contributed by atoms with Crippen LogP contribution in [0.15, 0.2) is 5.18 Å². The molecule has 8 nitrogen and oxygen atoms in total. The van der Waals surface area contributed by atoms with Crippen molar-refractivity contribution in [2.24, 2.45) is 5.18 Å². The molecule has 0 atom stereocenters. The van der Waals surface area contributed by atoms with Crippen molar-refractivity contribution in [3.8, 4) is 0 Å². The number of ether oxygens (including phenoxy) is 2. The molecule has 2 fully saturated rings. The van der Waals surface area contributed by atoms with Gasteiger partial charge in [0, 0.05) is 32.3 Å². The van der Waals surface area contributed by atoms with Gasteiger partial charge in [-0.05, 0) is 29.6 Å². The van der Waals surface area contributed by atoms with Crippen molar-refractivity contribution in [2.45, 2.75) is 18.9 Å². The molecule has 0 radical (unpaired) electrons. The molecule has 2 saturated heterocycles. The number of nitrogens with one attached hydrogen (secondary N) is 1. The van der Waals surface area contributed by atoms with Crippen LogP contribution in [-0.4, -0.2) is 55.5 Å². The van der Waals surface area contributed by atoms with E-state index in [-0.39, 0.29) is 17.0 Å². The molecule has 1 N–H and O–H groups in total. The van der Waals surface area contributed by atoms with E-state index in [1.165, 1.54) is 0 Å². The van der Waals surface area contributed by atoms with E-state index in [1.54, 1.807) is 0 Å². The van der Waals surface area contributed by atoms with Gasteiger partial charge < -0.3 is 19.7 Å². The zero-order valence-corrected chi connectivity index (χ0v) is 12.9. The molecule has 3 heterocycles. The van der Waals surface area contributed by atoms with Crippen LogP contribution in [0.1, 0.15) is 12.8 Å². The average Bonchev–Trinajstić information content (AvgIpc) is 2.56. The van der Waals surface area contributed by atoms with Gasteiger partial charge in [-0.3, -0.25) is 0 Å². The van der Waals surface area contributed by atoms with Crippen LogP contribution in [-0.2, 0) is 9.47 Å². The summed E-state index contributed by atoms with van der Waals surface area (Å²) in [6.45, 7) is 3.84. The quantitative estimate of drug-likeness (QED) is 0.667. The van der Waals surface area contributed by atoms with Crippen molar-refractivity contribution in [1.82, 2.24) is 9.97 Å². The fraction of sp³-hybridized carbons (Fsp3) is 0.692. The second-order valence-corrected chi connectivity index (χ2v) is 5.57. The second-order valence-electron chi connectivity index (χ2n) is 5.24. The molecule has 9 heteroatoms. The number of morpholine rings is 1. The fourth-order valence-electron chi connectivity index (χ4n) is 2.63. The summed E-state index contributed by atoms with van der Waals surface area (Å²) in [5.74, 6) is 0.858. The zero-order valence-electron chi connectivity index (χ0n) is 12.1. The lowest BCUT2D eigenvalue weighted by atomic mass is 10.1. The Kier molecular flexibility index (Phi) is 5.01. The summed E-state index contributed by atoms with van der Waals surface area (Å²) in [4.78, 5) is 21.6. The molecule has 0 bridgehead atoms. The molecule has 3 rings (SSSR count). The highest BCUT2D eigenvalue weighted by Crippen LogP contribution is 2.35. The van der Waals surface area contributed by atoms with Gasteiger partial charge in [0.1, 0.15) is 0 Å². The van der Waals surface area contributed by atoms with Crippen LogP contribution in [0.4, 0.5) is 17.3 Å². The Morgan fingerprint density at radius 2 is 1.82 bits per heavy atom. The summed E-state index contributed by atoms with van der Waals surface area (Å²) in [6, 6.07) is 0.192. The molecule has 0 amide bonds. The average molecular weight is 328 g/mol. The molecule has 1 aromatic heterocycles. The topological polar surface area (TPSA) is 88.9 Å². The Hall–Kier alpha value is -1.51. The Morgan fingerprint density at radius 3 is 2.50 bits per heavy atom. The van der Waals surface area contributed by atoms with Gasteiger partial charge >= 0.3 is 0 Å². The summed E-state index contributed by atoms with van der Waals surface area (Å²) in [7, 11) is 0. The molecular formula is C13H18ClN5O3. The van der Waals surface area contributed by atoms with Gasteiger partial charge in [0.05, 0.1) is 13.2 Å². The first-order valence-corrected chi connectivity index (χ1v) is 7.73. The molecule has 1 aromatic rings. The molecule has 2 aliphatic rings. The molecule has 0 aliphatic carbocycles. The summed E-state index contributed by atoms with van der Waals surface area (Å²) >= 11 is 6.03. The summed E-state index contributed by atoms with van der Waals surface area (Å²) in [6.07, 6.45) is 1.71. The number of nitrogens with zero attached hydrogens (tertiary/aromatic N) is 4. The van der Waals surface area contributed by atoms with Gasteiger partial charge in [-0.1, -0.05) is 0 Å². The maximum Gasteiger partial charge on any atom is 0.226 e. The minimum Gasteiger partial charge on any atom is -0.381 e. The highest BCUT2D eigenvalue weighted by molar-refractivity contribution is 6.28. The molecule has 0 unspecified atom stereocenters. The van der Waals surface area contributed by atoms with Crippen molar-refractivity contribution >= 4 is 28.9 Å². The van der Waals surface area contributed by atoms with Crippen LogP contribution in [0.2, 0.25) is 5.28 Å². The minimum absolute atomic E-state index is 0.100. The van der Waals surface area contributed by atoms with E-state index >= 15 is 0 Å². The first kappa shape index (κ1) is 15.4. The maximum atomic E-state index is 11.3. The Labute approximate surface area is 133 Å². The molecule has 0 saturated carbocycles. The van der Waals surface area contributed by atoms with Crippen LogP contribution < -0.4 is 10.2 Å². The van der Waals surface area contributed by atoms with E-state index in [9.17, 15) is 4.91 Å². The Balaban J connectivity index is 1.87. The lowest BCUT2D eigenvalue weighted by Gasteiger charge is -2.29. The predicted octanol–water partition coefficient (Wildman–Crippen LogP) is 1.96. The van der Waals surface area contributed by atoms with Crippen molar-refractivity contribution in [1.29, 1.82) is 0 Å². The van der Waals surface area contributed by atoms with Crippen LogP contribution in [0, 0.1) is 4.91 Å². The largest absolute Gasteiger partial charge is 0.381 e. The number of aromatic nitrogens is 2. The van der Waals surface area contributed by atoms with E-state index in [0.29, 0.717) is 51.2 Å². The molecule has 0 spiro atoms. The van der Waals surface area contributed by atoms with Gasteiger partial charge in [-0.25, -0.2) is 0 Å². The van der Waals surface area contributed by atoms with Crippen LogP contribution >= 0.6 is 11.6 Å². The van der Waals surface area contributed by atoms with Gasteiger partial charge in [0.15, 0.2) is 17.3 Å². The van der Waals surface area contributed by atoms with E-state index < -0.39 is 0 Å². The van der Waals surface area contributed by atoms with Gasteiger partial charge in [0.25, 0.3) is 0 Å². The number of hydrogen-bond donors (Lipinski definition) is 1. The second kappa shape index (κ2) is 7.17. The number of anilines is 2. The van der Waals surface area contributed by atoms with Crippen LogP contribution in [0.25, 0.3) is 0 Å². The van der Waals surface area contributed by atoms with Crippen LogP contribution in [0.5, 0.6) is 0 Å². The highest BCUT2D eigenvalue weighted by atomic mass is 35.5. The molecule has 22 heavy (non-hydrogen) atoms. The number of rotatable bonds is 4. The summed E-state index contributed by atoms with van der Waals surface area (Å²) < 4.78 is 10.7. The van der Waals surface area contributed by atoms with E-state index in [0.717, 1.165) is 12.8 Å². The third kappa shape index (κ3) is 3.45. The molecule has 120 valence electrons. The third-order valence-electron chi connectivity index (χ3n) is 3.80. The summed E-state index contributed by atoms with van der Waals surface area (Å²) in [5.41, 5.74) is 0.206. The Bertz CT molecular complexity index is 533. The van der Waals surface area contributed by atoms with Crippen molar-refractivity contribution < 1.29 is 9.47 Å². The lowest BCUT2D eigenvalue weighted by Crippen LogP contribution is -2.37. The molecule has 2 aliphatic heterocycles. The number of hydrogen-bond acceptors (Lipinski definition) is 8. The number of nitroso groups, excluding NO2 is 1. The van der Waals surface area contributed by atoms with E-state index in [2.05, 4.69) is 20.5 Å². The lowest BCUT2D eigenvalue weighted by molar-refractivity contribution is 0.0904.